The van der Waals surface area contributed by atoms with Crippen LogP contribution in [0.2, 0.25) is 0 Å². The van der Waals surface area contributed by atoms with Gasteiger partial charge in [0.25, 0.3) is 0 Å². The molecule has 1 N–H and O–H groups in total. The van der Waals surface area contributed by atoms with Gasteiger partial charge in [-0.25, -0.2) is 8.42 Å². The fourth-order valence-electron chi connectivity index (χ4n) is 4.13. The first-order valence-electron chi connectivity index (χ1n) is 10.8. The Bertz CT molecular complexity index is 963. The standard InChI is InChI=1S/C22H30N4O3S2/c1-18(25-14-12-24(13-15-25)17-20-5-4-16-30-20)22(27)23-19-6-8-21(9-7-19)31(28,29)26-10-2-3-11-26/h4-9,16,18H,2-3,10-15,17H2,1H3,(H,23,27)/t18-/m0/s1. The van der Waals surface area contributed by atoms with Crippen molar-refractivity contribution in [2.24, 2.45) is 0 Å². The van der Waals surface area contributed by atoms with Gasteiger partial charge in [0.05, 0.1) is 10.9 Å². The van der Waals surface area contributed by atoms with Crippen LogP contribution >= 0.6 is 11.3 Å². The monoisotopic (exact) mass is 462 g/mol. The fourth-order valence-corrected chi connectivity index (χ4v) is 6.40. The Kier molecular flexibility index (Phi) is 7.08. The molecule has 3 heterocycles. The van der Waals surface area contributed by atoms with E-state index in [1.807, 2.05) is 6.92 Å². The van der Waals surface area contributed by atoms with Crippen molar-refractivity contribution in [3.8, 4) is 0 Å². The minimum absolute atomic E-state index is 0.0677. The van der Waals surface area contributed by atoms with Crippen LogP contribution in [-0.4, -0.2) is 73.7 Å². The largest absolute Gasteiger partial charge is 0.325 e. The van der Waals surface area contributed by atoms with Gasteiger partial charge in [0.1, 0.15) is 0 Å². The molecule has 0 spiro atoms. The third-order valence-electron chi connectivity index (χ3n) is 6.12. The second-order valence-corrected chi connectivity index (χ2v) is 11.2. The summed E-state index contributed by atoms with van der Waals surface area (Å²) in [5.74, 6) is -0.0677. The van der Waals surface area contributed by atoms with Crippen LogP contribution in [0.3, 0.4) is 0 Å². The molecule has 9 heteroatoms. The van der Waals surface area contributed by atoms with Gasteiger partial charge < -0.3 is 5.32 Å². The Morgan fingerprint density at radius 2 is 1.71 bits per heavy atom. The van der Waals surface area contributed by atoms with Gasteiger partial charge in [-0.05, 0) is 55.5 Å². The maximum atomic E-state index is 12.7. The van der Waals surface area contributed by atoms with E-state index in [-0.39, 0.29) is 16.8 Å². The third-order valence-corrected chi connectivity index (χ3v) is 8.89. The van der Waals surface area contributed by atoms with Crippen molar-refractivity contribution in [3.05, 3.63) is 46.7 Å². The van der Waals surface area contributed by atoms with Gasteiger partial charge in [-0.1, -0.05) is 6.07 Å². The number of carbonyl (C=O) groups excluding carboxylic acids is 1. The smallest absolute Gasteiger partial charge is 0.243 e. The lowest BCUT2D eigenvalue weighted by Gasteiger charge is -2.37. The summed E-state index contributed by atoms with van der Waals surface area (Å²) >= 11 is 1.78. The lowest BCUT2D eigenvalue weighted by molar-refractivity contribution is -0.121. The van der Waals surface area contributed by atoms with Gasteiger partial charge in [-0.15, -0.1) is 11.3 Å². The van der Waals surface area contributed by atoms with Gasteiger partial charge in [-0.3, -0.25) is 14.6 Å². The van der Waals surface area contributed by atoms with Crippen molar-refractivity contribution in [1.29, 1.82) is 0 Å². The molecule has 1 amide bonds. The number of thiophene rings is 1. The maximum absolute atomic E-state index is 12.7. The molecule has 2 aliphatic heterocycles. The van der Waals surface area contributed by atoms with Crippen molar-refractivity contribution in [2.45, 2.75) is 37.2 Å². The number of rotatable bonds is 7. The number of carbonyl (C=O) groups is 1. The minimum atomic E-state index is -3.43. The highest BCUT2D eigenvalue weighted by atomic mass is 32.2. The van der Waals surface area contributed by atoms with Crippen LogP contribution in [0.4, 0.5) is 5.69 Å². The van der Waals surface area contributed by atoms with Crippen LogP contribution in [0.5, 0.6) is 0 Å². The van der Waals surface area contributed by atoms with E-state index in [4.69, 9.17) is 0 Å². The number of sulfonamides is 1. The molecule has 2 fully saturated rings. The molecule has 31 heavy (non-hydrogen) atoms. The van der Waals surface area contributed by atoms with Gasteiger partial charge in [0.15, 0.2) is 0 Å². The molecule has 0 unspecified atom stereocenters. The first kappa shape index (κ1) is 22.4. The van der Waals surface area contributed by atoms with Crippen LogP contribution in [-0.2, 0) is 21.4 Å². The lowest BCUT2D eigenvalue weighted by atomic mass is 10.2. The SMILES string of the molecule is C[C@@H](C(=O)Nc1ccc(S(=O)(=O)N2CCCC2)cc1)N1CCN(Cc2cccs2)CC1. The summed E-state index contributed by atoms with van der Waals surface area (Å²) in [5.41, 5.74) is 0.619. The fraction of sp³-hybridized carbons (Fsp3) is 0.500. The number of nitrogens with zero attached hydrogens (tertiary/aromatic N) is 3. The Morgan fingerprint density at radius 1 is 1.03 bits per heavy atom. The highest BCUT2D eigenvalue weighted by Gasteiger charge is 2.28. The number of benzene rings is 1. The number of amides is 1. The predicted octanol–water partition coefficient (Wildman–Crippen LogP) is 2.68. The molecule has 2 saturated heterocycles. The van der Waals surface area contributed by atoms with E-state index in [9.17, 15) is 13.2 Å². The highest BCUT2D eigenvalue weighted by Crippen LogP contribution is 2.22. The third kappa shape index (κ3) is 5.35. The molecule has 0 saturated carbocycles. The Morgan fingerprint density at radius 3 is 2.32 bits per heavy atom. The number of nitrogens with one attached hydrogen (secondary N) is 1. The van der Waals surface area contributed by atoms with Crippen LogP contribution in [0.1, 0.15) is 24.6 Å². The molecule has 4 rings (SSSR count). The average molecular weight is 463 g/mol. The van der Waals surface area contributed by atoms with Crippen molar-refractivity contribution in [1.82, 2.24) is 14.1 Å². The quantitative estimate of drug-likeness (QED) is 0.685. The average Bonchev–Trinajstić information content (AvgIpc) is 3.49. The molecule has 1 atom stereocenters. The Labute approximate surface area is 188 Å². The van der Waals surface area contributed by atoms with E-state index >= 15 is 0 Å². The summed E-state index contributed by atoms with van der Waals surface area (Å²) in [4.78, 5) is 19.0. The topological polar surface area (TPSA) is 73.0 Å². The van der Waals surface area contributed by atoms with Crippen molar-refractivity contribution in [3.63, 3.8) is 0 Å². The summed E-state index contributed by atoms with van der Waals surface area (Å²) < 4.78 is 26.8. The van der Waals surface area contributed by atoms with E-state index in [0.717, 1.165) is 45.6 Å². The first-order valence-corrected chi connectivity index (χ1v) is 13.2. The number of piperazine rings is 1. The van der Waals surface area contributed by atoms with E-state index in [0.29, 0.717) is 18.8 Å². The molecule has 7 nitrogen and oxygen atoms in total. The van der Waals surface area contributed by atoms with Crippen molar-refractivity contribution in [2.75, 3.05) is 44.6 Å². The second-order valence-electron chi connectivity index (χ2n) is 8.19. The molecule has 1 aromatic carbocycles. The van der Waals surface area contributed by atoms with Gasteiger partial charge in [-0.2, -0.15) is 4.31 Å². The van der Waals surface area contributed by atoms with Gasteiger partial charge >= 0.3 is 0 Å². The van der Waals surface area contributed by atoms with E-state index in [2.05, 4.69) is 32.6 Å². The predicted molar refractivity (Wildman–Crippen MR) is 124 cm³/mol. The van der Waals surface area contributed by atoms with Crippen LogP contribution in [0, 0.1) is 0 Å². The molecule has 0 radical (unpaired) electrons. The summed E-state index contributed by atoms with van der Waals surface area (Å²) in [6.07, 6.45) is 1.82. The van der Waals surface area contributed by atoms with Crippen molar-refractivity contribution >= 4 is 33.0 Å². The first-order chi connectivity index (χ1) is 14.9. The van der Waals surface area contributed by atoms with Crippen LogP contribution in [0.15, 0.2) is 46.7 Å². The molecular formula is C22H30N4O3S2. The second kappa shape index (κ2) is 9.79. The number of hydrogen-bond donors (Lipinski definition) is 1. The molecule has 2 aromatic rings. The molecule has 0 aliphatic carbocycles. The number of hydrogen-bond acceptors (Lipinski definition) is 6. The summed E-state index contributed by atoms with van der Waals surface area (Å²) in [5, 5.41) is 5.04. The maximum Gasteiger partial charge on any atom is 0.243 e. The highest BCUT2D eigenvalue weighted by molar-refractivity contribution is 7.89. The summed E-state index contributed by atoms with van der Waals surface area (Å²) in [7, 11) is -3.43. The van der Waals surface area contributed by atoms with Gasteiger partial charge in [0.2, 0.25) is 15.9 Å². The van der Waals surface area contributed by atoms with Crippen LogP contribution < -0.4 is 5.32 Å². The van der Waals surface area contributed by atoms with Crippen LogP contribution in [0.25, 0.3) is 0 Å². The van der Waals surface area contributed by atoms with Crippen molar-refractivity contribution < 1.29 is 13.2 Å². The molecule has 1 aromatic heterocycles. The van der Waals surface area contributed by atoms with E-state index < -0.39 is 10.0 Å². The lowest BCUT2D eigenvalue weighted by Crippen LogP contribution is -2.52. The zero-order valence-electron chi connectivity index (χ0n) is 17.9. The zero-order chi connectivity index (χ0) is 21.8. The van der Waals surface area contributed by atoms with E-state index in [1.165, 1.54) is 9.18 Å². The zero-order valence-corrected chi connectivity index (χ0v) is 19.5. The van der Waals surface area contributed by atoms with E-state index in [1.54, 1.807) is 35.6 Å². The Hall–Kier alpha value is -1.78. The Balaban J connectivity index is 1.29. The molecule has 2 aliphatic rings. The molecular weight excluding hydrogens is 432 g/mol. The number of anilines is 1. The minimum Gasteiger partial charge on any atom is -0.325 e. The van der Waals surface area contributed by atoms with Gasteiger partial charge in [0, 0.05) is 56.4 Å². The normalized spacial score (nSPS) is 20.0. The summed E-state index contributed by atoms with van der Waals surface area (Å²) in [6, 6.07) is 10.5. The molecule has 168 valence electrons. The summed E-state index contributed by atoms with van der Waals surface area (Å²) in [6.45, 7) is 7.66. The molecule has 0 bridgehead atoms.